The third-order valence-electron chi connectivity index (χ3n) is 4.51. The second-order valence-electron chi connectivity index (χ2n) is 8.04. The van der Waals surface area contributed by atoms with Crippen LogP contribution in [-0.2, 0) is 0 Å². The van der Waals surface area contributed by atoms with Crippen LogP contribution in [0.5, 0.6) is 11.5 Å². The van der Waals surface area contributed by atoms with E-state index in [1.54, 1.807) is 6.07 Å². The third kappa shape index (κ3) is 7.66. The van der Waals surface area contributed by atoms with Crippen molar-refractivity contribution < 1.29 is 14.6 Å². The standard InChI is InChI=1S/C24H32ClO3P/c1-16(2)11-13-27-19-9-10-22(21(15-19)28-14-12-17(3)4)29-24(26)23-18(5)7-6-8-20(23)25/h6-10,15-17,26H,11-14H2,1-5H3/p-1. The Morgan fingerprint density at radius 2 is 1.66 bits per heavy atom. The number of ether oxygens (including phenoxy) is 2. The molecule has 0 saturated carbocycles. The van der Waals surface area contributed by atoms with Crippen molar-refractivity contribution >= 4 is 30.6 Å². The van der Waals surface area contributed by atoms with Gasteiger partial charge in [0.2, 0.25) is 0 Å². The van der Waals surface area contributed by atoms with Gasteiger partial charge in [-0.2, -0.15) is 0 Å². The Labute approximate surface area is 181 Å². The predicted molar refractivity (Wildman–Crippen MR) is 123 cm³/mol. The number of aryl methyl sites for hydroxylation is 1. The monoisotopic (exact) mass is 433 g/mol. The molecular formula is C24H31ClO3P-. The van der Waals surface area contributed by atoms with Crippen LogP contribution < -0.4 is 19.9 Å². The summed E-state index contributed by atoms with van der Waals surface area (Å²) in [6, 6.07) is 11.2. The SMILES string of the molecule is Cc1cccc(Cl)c1C([O-])=Pc1ccc(OCCC(C)C)cc1OCCC(C)C. The molecule has 2 aromatic carbocycles. The van der Waals surface area contributed by atoms with Crippen molar-refractivity contribution in [1.82, 2.24) is 0 Å². The number of rotatable bonds is 10. The first kappa shape index (κ1) is 23.7. The van der Waals surface area contributed by atoms with Crippen molar-refractivity contribution in [2.45, 2.75) is 47.5 Å². The Bertz CT molecular complexity index is 811. The Morgan fingerprint density at radius 3 is 2.28 bits per heavy atom. The maximum absolute atomic E-state index is 12.9. The molecule has 0 fully saturated rings. The molecule has 0 N–H and O–H groups in total. The normalized spacial score (nSPS) is 12.0. The molecule has 3 nitrogen and oxygen atoms in total. The Kier molecular flexibility index (Phi) is 9.49. The van der Waals surface area contributed by atoms with Gasteiger partial charge in [0, 0.05) is 16.4 Å². The quantitative estimate of drug-likeness (QED) is 0.457. The molecule has 0 aliphatic carbocycles. The zero-order valence-electron chi connectivity index (χ0n) is 18.0. The van der Waals surface area contributed by atoms with Gasteiger partial charge in [-0.05, 0) is 60.9 Å². The number of halogens is 1. The summed E-state index contributed by atoms with van der Waals surface area (Å²) in [5.41, 5.74) is 1.42. The second-order valence-corrected chi connectivity index (χ2v) is 9.56. The highest BCUT2D eigenvalue weighted by molar-refractivity contribution is 7.49. The van der Waals surface area contributed by atoms with Crippen LogP contribution in [-0.4, -0.2) is 18.7 Å². The van der Waals surface area contributed by atoms with Crippen molar-refractivity contribution in [2.75, 3.05) is 13.2 Å². The molecule has 0 aliphatic rings. The van der Waals surface area contributed by atoms with E-state index in [-0.39, 0.29) is 5.48 Å². The van der Waals surface area contributed by atoms with E-state index in [0.717, 1.165) is 29.5 Å². The fourth-order valence-corrected chi connectivity index (χ4v) is 4.07. The van der Waals surface area contributed by atoms with Crippen LogP contribution in [0.3, 0.4) is 0 Å². The van der Waals surface area contributed by atoms with Crippen molar-refractivity contribution in [1.29, 1.82) is 0 Å². The molecule has 0 radical (unpaired) electrons. The lowest BCUT2D eigenvalue weighted by Crippen LogP contribution is -2.20. The number of hydrogen-bond donors (Lipinski definition) is 0. The molecule has 0 bridgehead atoms. The summed E-state index contributed by atoms with van der Waals surface area (Å²) in [5.74, 6) is 2.61. The third-order valence-corrected chi connectivity index (χ3v) is 5.86. The smallest absolute Gasteiger partial charge is 0.134 e. The molecule has 0 heterocycles. The zero-order chi connectivity index (χ0) is 21.4. The first-order valence-electron chi connectivity index (χ1n) is 10.2. The number of benzene rings is 2. The van der Waals surface area contributed by atoms with E-state index in [9.17, 15) is 5.11 Å². The van der Waals surface area contributed by atoms with Crippen molar-refractivity contribution in [3.63, 3.8) is 0 Å². The summed E-state index contributed by atoms with van der Waals surface area (Å²) < 4.78 is 11.9. The molecule has 0 atom stereocenters. The lowest BCUT2D eigenvalue weighted by Gasteiger charge is -2.18. The van der Waals surface area contributed by atoms with E-state index >= 15 is 0 Å². The summed E-state index contributed by atoms with van der Waals surface area (Å²) in [4.78, 5) is 0. The number of hydrogen-bond acceptors (Lipinski definition) is 3. The van der Waals surface area contributed by atoms with Crippen LogP contribution in [0.4, 0.5) is 0 Å². The van der Waals surface area contributed by atoms with E-state index in [4.69, 9.17) is 21.1 Å². The van der Waals surface area contributed by atoms with E-state index in [1.807, 2.05) is 37.3 Å². The van der Waals surface area contributed by atoms with Gasteiger partial charge in [0.1, 0.15) is 11.5 Å². The van der Waals surface area contributed by atoms with Gasteiger partial charge in [-0.1, -0.05) is 59.6 Å². The van der Waals surface area contributed by atoms with Gasteiger partial charge in [-0.25, -0.2) is 0 Å². The van der Waals surface area contributed by atoms with Crippen LogP contribution in [0.2, 0.25) is 5.02 Å². The van der Waals surface area contributed by atoms with Gasteiger partial charge in [0.15, 0.2) is 0 Å². The minimum atomic E-state index is -0.0321. The van der Waals surface area contributed by atoms with E-state index in [2.05, 4.69) is 27.7 Å². The molecular weight excluding hydrogens is 403 g/mol. The molecule has 29 heavy (non-hydrogen) atoms. The zero-order valence-corrected chi connectivity index (χ0v) is 19.6. The molecule has 0 unspecified atom stereocenters. The highest BCUT2D eigenvalue weighted by Gasteiger charge is 2.08. The van der Waals surface area contributed by atoms with Crippen molar-refractivity contribution in [3.8, 4) is 11.5 Å². The Balaban J connectivity index is 2.30. The van der Waals surface area contributed by atoms with Gasteiger partial charge >= 0.3 is 0 Å². The summed E-state index contributed by atoms with van der Waals surface area (Å²) in [6.07, 6.45) is 1.94. The summed E-state index contributed by atoms with van der Waals surface area (Å²) in [7, 11) is 0.544. The van der Waals surface area contributed by atoms with Gasteiger partial charge in [0.25, 0.3) is 0 Å². The lowest BCUT2D eigenvalue weighted by atomic mass is 10.1. The van der Waals surface area contributed by atoms with Gasteiger partial charge < -0.3 is 14.6 Å². The first-order valence-corrected chi connectivity index (χ1v) is 11.5. The molecule has 2 rings (SSSR count). The first-order chi connectivity index (χ1) is 13.8. The average molecular weight is 434 g/mol. The summed E-state index contributed by atoms with van der Waals surface area (Å²) in [5, 5.41) is 14.3. The molecule has 0 aromatic heterocycles. The van der Waals surface area contributed by atoms with Crippen LogP contribution in [0.1, 0.15) is 51.7 Å². The van der Waals surface area contributed by atoms with Crippen molar-refractivity contribution in [3.05, 3.63) is 52.5 Å². The topological polar surface area (TPSA) is 41.5 Å². The summed E-state index contributed by atoms with van der Waals surface area (Å²) >= 11 is 6.28. The molecule has 0 aliphatic heterocycles. The Hall–Kier alpha value is -1.54. The molecule has 0 spiro atoms. The lowest BCUT2D eigenvalue weighted by molar-refractivity contribution is -0.207. The van der Waals surface area contributed by atoms with Crippen LogP contribution in [0.15, 0.2) is 36.4 Å². The Morgan fingerprint density at radius 1 is 1.00 bits per heavy atom. The average Bonchev–Trinajstić information content (AvgIpc) is 2.63. The minimum absolute atomic E-state index is 0.0321. The minimum Gasteiger partial charge on any atom is -0.823 e. The van der Waals surface area contributed by atoms with Gasteiger partial charge in [-0.15, -0.1) is 5.48 Å². The van der Waals surface area contributed by atoms with Gasteiger partial charge in [0.05, 0.1) is 13.2 Å². The molecule has 2 aromatic rings. The molecule has 0 amide bonds. The molecule has 0 saturated heterocycles. The van der Waals surface area contributed by atoms with E-state index in [1.165, 1.54) is 0 Å². The molecule has 158 valence electrons. The largest absolute Gasteiger partial charge is 0.823 e. The fourth-order valence-electron chi connectivity index (χ4n) is 2.68. The van der Waals surface area contributed by atoms with Crippen LogP contribution >= 0.6 is 19.8 Å². The maximum atomic E-state index is 12.9. The van der Waals surface area contributed by atoms with E-state index in [0.29, 0.717) is 49.6 Å². The highest BCUT2D eigenvalue weighted by Crippen LogP contribution is 2.26. The maximum Gasteiger partial charge on any atom is 0.134 e. The predicted octanol–water partition coefficient (Wildman–Crippen LogP) is 5.61. The molecule has 5 heteroatoms. The summed E-state index contributed by atoms with van der Waals surface area (Å²) in [6.45, 7) is 11.9. The van der Waals surface area contributed by atoms with Crippen LogP contribution in [0, 0.1) is 18.8 Å². The van der Waals surface area contributed by atoms with Crippen LogP contribution in [0.25, 0.3) is 0 Å². The second kappa shape index (κ2) is 11.6. The van der Waals surface area contributed by atoms with Gasteiger partial charge in [-0.3, -0.25) is 0 Å². The van der Waals surface area contributed by atoms with E-state index < -0.39 is 0 Å². The fraction of sp³-hybridized carbons (Fsp3) is 0.458. The van der Waals surface area contributed by atoms with Crippen molar-refractivity contribution in [2.24, 2.45) is 11.8 Å². The highest BCUT2D eigenvalue weighted by atomic mass is 35.5.